The number of nitrogens with zero attached hydrogens (tertiary/aromatic N) is 1. The Hall–Kier alpha value is -2.02. The lowest BCUT2D eigenvalue weighted by Gasteiger charge is -2.04. The summed E-state index contributed by atoms with van der Waals surface area (Å²) in [4.78, 5) is 14.3. The average Bonchev–Trinajstić information content (AvgIpc) is 2.29. The maximum absolute atomic E-state index is 10.5. The van der Waals surface area contributed by atoms with E-state index in [4.69, 9.17) is 11.5 Å². The maximum Gasteiger partial charge on any atom is 0.354 e. The molecule has 2 N–H and O–H groups in total. The minimum atomic E-state index is -1.01. The molecule has 0 amide bonds. The Kier molecular flexibility index (Phi) is 4.87. The predicted octanol–water partition coefficient (Wildman–Crippen LogP) is 2.00. The molecule has 0 aromatic carbocycles. The molecule has 4 nitrogen and oxygen atoms in total. The topological polar surface area (TPSA) is 62.2 Å². The molecule has 0 atom stereocenters. The summed E-state index contributed by atoms with van der Waals surface area (Å²) in [5.74, 6) is 1.57. The Morgan fingerprint density at radius 1 is 1.50 bits per heavy atom. The number of terminal acetylenes is 1. The normalized spacial score (nSPS) is 9.44. The van der Waals surface area contributed by atoms with Gasteiger partial charge in [0.25, 0.3) is 0 Å². The molecular weight excluding hydrogens is 204 g/mol. The fourth-order valence-corrected chi connectivity index (χ4v) is 1.21. The molecule has 1 aromatic rings. The molecule has 16 heavy (non-hydrogen) atoms. The summed E-state index contributed by atoms with van der Waals surface area (Å²) in [6.45, 7) is 0.815. The van der Waals surface area contributed by atoms with Gasteiger partial charge in [0.2, 0.25) is 0 Å². The van der Waals surface area contributed by atoms with E-state index in [0.717, 1.165) is 31.5 Å². The van der Waals surface area contributed by atoms with Gasteiger partial charge in [-0.2, -0.15) is 0 Å². The molecule has 84 valence electrons. The number of pyridine rings is 1. The minimum Gasteiger partial charge on any atom is -0.477 e. The van der Waals surface area contributed by atoms with Crippen molar-refractivity contribution in [3.63, 3.8) is 0 Å². The summed E-state index contributed by atoms with van der Waals surface area (Å²) in [6.07, 6.45) is 9.42. The van der Waals surface area contributed by atoms with Crippen molar-refractivity contribution in [2.45, 2.75) is 19.3 Å². The van der Waals surface area contributed by atoms with Crippen LogP contribution < -0.4 is 5.32 Å². The highest BCUT2D eigenvalue weighted by Gasteiger charge is 2.02. The molecule has 0 radical (unpaired) electrons. The molecule has 0 spiro atoms. The van der Waals surface area contributed by atoms with Crippen molar-refractivity contribution < 1.29 is 9.90 Å². The van der Waals surface area contributed by atoms with Gasteiger partial charge in [0.15, 0.2) is 0 Å². The van der Waals surface area contributed by atoms with Crippen LogP contribution in [0.2, 0.25) is 0 Å². The summed E-state index contributed by atoms with van der Waals surface area (Å²) in [7, 11) is 0. The summed E-state index contributed by atoms with van der Waals surface area (Å²) < 4.78 is 0. The molecule has 0 saturated heterocycles. The van der Waals surface area contributed by atoms with Gasteiger partial charge < -0.3 is 10.4 Å². The quantitative estimate of drug-likeness (QED) is 0.566. The first-order valence-corrected chi connectivity index (χ1v) is 5.10. The SMILES string of the molecule is C#CCCCCNc1ccc(C(=O)O)nc1. The molecule has 0 aliphatic heterocycles. The number of rotatable bonds is 6. The molecule has 0 bridgehead atoms. The van der Waals surface area contributed by atoms with Crippen LogP contribution >= 0.6 is 0 Å². The van der Waals surface area contributed by atoms with E-state index < -0.39 is 5.97 Å². The van der Waals surface area contributed by atoms with E-state index in [9.17, 15) is 4.79 Å². The second-order valence-corrected chi connectivity index (χ2v) is 3.33. The van der Waals surface area contributed by atoms with Crippen LogP contribution in [0.3, 0.4) is 0 Å². The lowest BCUT2D eigenvalue weighted by atomic mass is 10.2. The van der Waals surface area contributed by atoms with Gasteiger partial charge in [-0.15, -0.1) is 12.3 Å². The van der Waals surface area contributed by atoms with Crippen LogP contribution in [-0.4, -0.2) is 22.6 Å². The Labute approximate surface area is 94.7 Å². The summed E-state index contributed by atoms with van der Waals surface area (Å²) in [5, 5.41) is 11.8. The van der Waals surface area contributed by atoms with Crippen LogP contribution in [0.5, 0.6) is 0 Å². The molecule has 0 aliphatic rings. The van der Waals surface area contributed by atoms with Crippen LogP contribution in [-0.2, 0) is 0 Å². The fourth-order valence-electron chi connectivity index (χ4n) is 1.21. The van der Waals surface area contributed by atoms with Gasteiger partial charge in [0.05, 0.1) is 11.9 Å². The van der Waals surface area contributed by atoms with Crippen LogP contribution in [0, 0.1) is 12.3 Å². The van der Waals surface area contributed by atoms with Crippen molar-refractivity contribution in [1.82, 2.24) is 4.98 Å². The Morgan fingerprint density at radius 2 is 2.31 bits per heavy atom. The molecule has 4 heteroatoms. The van der Waals surface area contributed by atoms with Crippen LogP contribution in [0.25, 0.3) is 0 Å². The average molecular weight is 218 g/mol. The van der Waals surface area contributed by atoms with E-state index in [-0.39, 0.29) is 5.69 Å². The maximum atomic E-state index is 10.5. The zero-order valence-electron chi connectivity index (χ0n) is 8.94. The van der Waals surface area contributed by atoms with Gasteiger partial charge in [0.1, 0.15) is 5.69 Å². The summed E-state index contributed by atoms with van der Waals surface area (Å²) in [5.41, 5.74) is 0.878. The minimum absolute atomic E-state index is 0.0536. The highest BCUT2D eigenvalue weighted by atomic mass is 16.4. The fraction of sp³-hybridized carbons (Fsp3) is 0.333. The van der Waals surface area contributed by atoms with Crippen LogP contribution in [0.1, 0.15) is 29.8 Å². The standard InChI is InChI=1S/C12H14N2O2/c1-2-3-4-5-8-13-10-6-7-11(12(15)16)14-9-10/h1,6-7,9,13H,3-5,8H2,(H,15,16). The second kappa shape index (κ2) is 6.46. The third kappa shape index (κ3) is 4.01. The second-order valence-electron chi connectivity index (χ2n) is 3.33. The molecule has 0 saturated carbocycles. The first kappa shape index (κ1) is 12.1. The molecule has 0 aliphatic carbocycles. The summed E-state index contributed by atoms with van der Waals surface area (Å²) in [6, 6.07) is 3.18. The van der Waals surface area contributed by atoms with Gasteiger partial charge in [-0.05, 0) is 25.0 Å². The van der Waals surface area contributed by atoms with Crippen molar-refractivity contribution >= 4 is 11.7 Å². The zero-order valence-corrected chi connectivity index (χ0v) is 8.94. The monoisotopic (exact) mass is 218 g/mol. The number of unbranched alkanes of at least 4 members (excludes halogenated alkanes) is 2. The first-order valence-electron chi connectivity index (χ1n) is 5.10. The lowest BCUT2D eigenvalue weighted by Crippen LogP contribution is -2.04. The molecule has 0 fully saturated rings. The van der Waals surface area contributed by atoms with Crippen LogP contribution in [0.15, 0.2) is 18.3 Å². The number of carboxylic acid groups (broad SMARTS) is 1. The van der Waals surface area contributed by atoms with E-state index in [1.807, 2.05) is 0 Å². The van der Waals surface area contributed by atoms with Crippen molar-refractivity contribution in [1.29, 1.82) is 0 Å². The van der Waals surface area contributed by atoms with Gasteiger partial charge in [0, 0.05) is 13.0 Å². The molecular formula is C12H14N2O2. The van der Waals surface area contributed by atoms with E-state index >= 15 is 0 Å². The Balaban J connectivity index is 2.33. The van der Waals surface area contributed by atoms with E-state index in [2.05, 4.69) is 16.2 Å². The molecule has 1 rings (SSSR count). The molecule has 1 heterocycles. The summed E-state index contributed by atoms with van der Waals surface area (Å²) >= 11 is 0. The van der Waals surface area contributed by atoms with Gasteiger partial charge in [-0.1, -0.05) is 0 Å². The first-order chi connectivity index (χ1) is 7.74. The number of aromatic nitrogens is 1. The highest BCUT2D eigenvalue weighted by Crippen LogP contribution is 2.06. The predicted molar refractivity (Wildman–Crippen MR) is 62.4 cm³/mol. The van der Waals surface area contributed by atoms with E-state index in [1.165, 1.54) is 12.3 Å². The smallest absolute Gasteiger partial charge is 0.354 e. The zero-order chi connectivity index (χ0) is 11.8. The molecule has 1 aromatic heterocycles. The van der Waals surface area contributed by atoms with Gasteiger partial charge >= 0.3 is 5.97 Å². The number of carbonyl (C=O) groups is 1. The number of carboxylic acids is 1. The number of hydrogen-bond donors (Lipinski definition) is 2. The van der Waals surface area contributed by atoms with Crippen molar-refractivity contribution in [3.8, 4) is 12.3 Å². The Morgan fingerprint density at radius 3 is 2.88 bits per heavy atom. The largest absolute Gasteiger partial charge is 0.477 e. The third-order valence-corrected chi connectivity index (χ3v) is 2.06. The van der Waals surface area contributed by atoms with Crippen molar-refractivity contribution in [2.24, 2.45) is 0 Å². The van der Waals surface area contributed by atoms with Crippen molar-refractivity contribution in [2.75, 3.05) is 11.9 Å². The Bertz CT molecular complexity index is 379. The van der Waals surface area contributed by atoms with E-state index in [1.54, 1.807) is 6.07 Å². The lowest BCUT2D eigenvalue weighted by molar-refractivity contribution is 0.0690. The number of anilines is 1. The molecule has 0 unspecified atom stereocenters. The van der Waals surface area contributed by atoms with Crippen molar-refractivity contribution in [3.05, 3.63) is 24.0 Å². The van der Waals surface area contributed by atoms with E-state index in [0.29, 0.717) is 0 Å². The number of hydrogen-bond acceptors (Lipinski definition) is 3. The number of aromatic carboxylic acids is 1. The highest BCUT2D eigenvalue weighted by molar-refractivity contribution is 5.85. The third-order valence-electron chi connectivity index (χ3n) is 2.06. The van der Waals surface area contributed by atoms with Crippen LogP contribution in [0.4, 0.5) is 5.69 Å². The van der Waals surface area contributed by atoms with Gasteiger partial charge in [-0.25, -0.2) is 9.78 Å². The van der Waals surface area contributed by atoms with Gasteiger partial charge in [-0.3, -0.25) is 0 Å². The number of nitrogens with one attached hydrogen (secondary N) is 1.